The fourth-order valence-electron chi connectivity index (χ4n) is 3.47. The van der Waals surface area contributed by atoms with Crippen LogP contribution in [0.4, 0.5) is 8.78 Å². The second-order valence-corrected chi connectivity index (χ2v) is 7.69. The van der Waals surface area contributed by atoms with Crippen LogP contribution in [-0.2, 0) is 7.05 Å². The molecule has 4 rings (SSSR count). The van der Waals surface area contributed by atoms with Crippen molar-refractivity contribution in [3.8, 4) is 17.0 Å². The number of hydrogen-bond acceptors (Lipinski definition) is 6. The highest BCUT2D eigenvalue weighted by Crippen LogP contribution is 2.47. The highest BCUT2D eigenvalue weighted by molar-refractivity contribution is 5.70. The molecule has 9 heteroatoms. The molecule has 0 radical (unpaired) electrons. The van der Waals surface area contributed by atoms with Gasteiger partial charge in [-0.1, -0.05) is 6.07 Å². The van der Waals surface area contributed by atoms with Crippen LogP contribution in [0.2, 0.25) is 0 Å². The molecule has 30 heavy (non-hydrogen) atoms. The second kappa shape index (κ2) is 8.06. The van der Waals surface area contributed by atoms with Crippen molar-refractivity contribution in [2.75, 3.05) is 6.61 Å². The molecule has 0 saturated heterocycles. The standard InChI is InChI=1S/C21H23F2N5O2/c1-11-4-5-17(25-7-11)14-6-13(14)10-30-21-15(8-24-12(2)26-21)16-9-28(3)27-18(16)19(29)20(22)23/h4-5,7-9,13-14,19-20,29H,6,10H2,1-3H3/t13-,14+,19?/m1/s1. The van der Waals surface area contributed by atoms with Crippen LogP contribution in [0.15, 0.2) is 30.7 Å². The van der Waals surface area contributed by atoms with Gasteiger partial charge in [-0.05, 0) is 31.9 Å². The third-order valence-electron chi connectivity index (χ3n) is 5.21. The normalized spacial score (nSPS) is 19.2. The molecule has 3 aromatic rings. The van der Waals surface area contributed by atoms with E-state index < -0.39 is 12.5 Å². The molecule has 0 aliphatic heterocycles. The summed E-state index contributed by atoms with van der Waals surface area (Å²) in [7, 11) is 1.60. The Morgan fingerprint density at radius 3 is 2.70 bits per heavy atom. The number of pyridine rings is 1. The van der Waals surface area contributed by atoms with Crippen LogP contribution in [0, 0.1) is 19.8 Å². The van der Waals surface area contributed by atoms with Crippen molar-refractivity contribution in [3.05, 3.63) is 53.5 Å². The Labute approximate surface area is 172 Å². The number of halogens is 2. The van der Waals surface area contributed by atoms with E-state index in [9.17, 15) is 13.9 Å². The van der Waals surface area contributed by atoms with Gasteiger partial charge in [0.1, 0.15) is 11.5 Å². The van der Waals surface area contributed by atoms with E-state index in [1.54, 1.807) is 20.2 Å². The van der Waals surface area contributed by atoms with Crippen LogP contribution in [0.25, 0.3) is 11.1 Å². The van der Waals surface area contributed by atoms with Crippen molar-refractivity contribution in [1.82, 2.24) is 24.7 Å². The zero-order chi connectivity index (χ0) is 21.4. The van der Waals surface area contributed by atoms with Gasteiger partial charge in [0, 0.05) is 48.7 Å². The summed E-state index contributed by atoms with van der Waals surface area (Å²) in [6, 6.07) is 4.08. The van der Waals surface area contributed by atoms with Gasteiger partial charge in [-0.2, -0.15) is 10.1 Å². The summed E-state index contributed by atoms with van der Waals surface area (Å²) in [5, 5.41) is 13.9. The minimum absolute atomic E-state index is 0.127. The Hall–Kier alpha value is -2.94. The third kappa shape index (κ3) is 4.16. The summed E-state index contributed by atoms with van der Waals surface area (Å²) in [5.41, 5.74) is 2.79. The van der Waals surface area contributed by atoms with Crippen molar-refractivity contribution in [3.63, 3.8) is 0 Å². The molecular formula is C21H23F2N5O2. The molecule has 0 aromatic carbocycles. The molecule has 3 atom stereocenters. The zero-order valence-corrected chi connectivity index (χ0v) is 17.0. The number of hydrogen-bond donors (Lipinski definition) is 1. The molecule has 0 bridgehead atoms. The summed E-state index contributed by atoms with van der Waals surface area (Å²) in [6.45, 7) is 4.16. The largest absolute Gasteiger partial charge is 0.477 e. The first-order valence-corrected chi connectivity index (χ1v) is 9.72. The van der Waals surface area contributed by atoms with Gasteiger partial charge in [0.2, 0.25) is 5.88 Å². The van der Waals surface area contributed by atoms with Gasteiger partial charge >= 0.3 is 0 Å². The van der Waals surface area contributed by atoms with E-state index in [1.165, 1.54) is 10.9 Å². The molecule has 158 valence electrons. The number of aromatic nitrogens is 5. The molecular weight excluding hydrogens is 392 g/mol. The number of nitrogens with zero attached hydrogens (tertiary/aromatic N) is 5. The van der Waals surface area contributed by atoms with E-state index in [0.717, 1.165) is 17.7 Å². The molecule has 7 nitrogen and oxygen atoms in total. The van der Waals surface area contributed by atoms with E-state index in [0.29, 0.717) is 41.3 Å². The van der Waals surface area contributed by atoms with Crippen LogP contribution in [0.5, 0.6) is 5.88 Å². The maximum atomic E-state index is 13.1. The number of ether oxygens (including phenoxy) is 1. The van der Waals surface area contributed by atoms with Crippen LogP contribution < -0.4 is 4.74 Å². The highest BCUT2D eigenvalue weighted by atomic mass is 19.3. The Morgan fingerprint density at radius 2 is 2.00 bits per heavy atom. The van der Waals surface area contributed by atoms with Crippen LogP contribution >= 0.6 is 0 Å². The van der Waals surface area contributed by atoms with E-state index in [1.807, 2.05) is 25.3 Å². The molecule has 3 aromatic heterocycles. The SMILES string of the molecule is Cc1ccc([C@H]2C[C@@H]2COc2nc(C)ncc2-c2cn(C)nc2C(O)C(F)F)nc1. The maximum absolute atomic E-state index is 13.1. The zero-order valence-electron chi connectivity index (χ0n) is 17.0. The van der Waals surface area contributed by atoms with E-state index in [4.69, 9.17) is 4.74 Å². The number of aryl methyl sites for hydroxylation is 3. The van der Waals surface area contributed by atoms with Gasteiger partial charge in [0.25, 0.3) is 6.43 Å². The predicted molar refractivity (Wildman–Crippen MR) is 105 cm³/mol. The van der Waals surface area contributed by atoms with Crippen molar-refractivity contribution in [1.29, 1.82) is 0 Å². The highest BCUT2D eigenvalue weighted by Gasteiger charge is 2.40. The number of aliphatic hydroxyl groups is 1. The first-order chi connectivity index (χ1) is 14.3. The summed E-state index contributed by atoms with van der Waals surface area (Å²) >= 11 is 0. The average molecular weight is 415 g/mol. The molecule has 1 saturated carbocycles. The van der Waals surface area contributed by atoms with Crippen LogP contribution in [0.3, 0.4) is 0 Å². The lowest BCUT2D eigenvalue weighted by Crippen LogP contribution is -2.11. The minimum Gasteiger partial charge on any atom is -0.477 e. The Morgan fingerprint density at radius 1 is 1.20 bits per heavy atom. The quantitative estimate of drug-likeness (QED) is 0.637. The first kappa shape index (κ1) is 20.3. The number of alkyl halides is 2. The van der Waals surface area contributed by atoms with Gasteiger partial charge in [0.15, 0.2) is 6.10 Å². The van der Waals surface area contributed by atoms with E-state index in [2.05, 4.69) is 20.1 Å². The molecule has 0 spiro atoms. The molecule has 1 N–H and O–H groups in total. The summed E-state index contributed by atoms with van der Waals surface area (Å²) in [6.07, 6.45) is 0.938. The summed E-state index contributed by atoms with van der Waals surface area (Å²) < 4.78 is 33.6. The van der Waals surface area contributed by atoms with Crippen LogP contribution in [-0.4, -0.2) is 42.9 Å². The summed E-state index contributed by atoms with van der Waals surface area (Å²) in [5.74, 6) is 1.44. The monoisotopic (exact) mass is 415 g/mol. The predicted octanol–water partition coefficient (Wildman–Crippen LogP) is 3.37. The molecule has 1 aliphatic rings. The van der Waals surface area contributed by atoms with Gasteiger partial charge < -0.3 is 9.84 Å². The average Bonchev–Trinajstić information content (AvgIpc) is 3.39. The van der Waals surface area contributed by atoms with Gasteiger partial charge in [0.05, 0.1) is 12.2 Å². The molecule has 1 fully saturated rings. The lowest BCUT2D eigenvalue weighted by molar-refractivity contribution is -0.00817. The summed E-state index contributed by atoms with van der Waals surface area (Å²) in [4.78, 5) is 13.0. The second-order valence-electron chi connectivity index (χ2n) is 7.69. The number of rotatable bonds is 7. The van der Waals surface area contributed by atoms with Crippen molar-refractivity contribution >= 4 is 0 Å². The third-order valence-corrected chi connectivity index (χ3v) is 5.21. The van der Waals surface area contributed by atoms with Crippen LogP contribution in [0.1, 0.15) is 41.2 Å². The molecule has 1 unspecified atom stereocenters. The molecule has 1 aliphatic carbocycles. The van der Waals surface area contributed by atoms with E-state index in [-0.39, 0.29) is 5.69 Å². The van der Waals surface area contributed by atoms with Crippen molar-refractivity contribution in [2.24, 2.45) is 13.0 Å². The molecule has 3 heterocycles. The Bertz CT molecular complexity index is 1040. The van der Waals surface area contributed by atoms with Crippen molar-refractivity contribution < 1.29 is 18.6 Å². The molecule has 0 amide bonds. The topological polar surface area (TPSA) is 86.0 Å². The van der Waals surface area contributed by atoms with Gasteiger partial charge in [-0.25, -0.2) is 13.8 Å². The Kier molecular flexibility index (Phi) is 5.46. The van der Waals surface area contributed by atoms with Crippen molar-refractivity contribution in [2.45, 2.75) is 38.7 Å². The smallest absolute Gasteiger partial charge is 0.269 e. The van der Waals surface area contributed by atoms with Gasteiger partial charge in [-0.3, -0.25) is 9.67 Å². The van der Waals surface area contributed by atoms with E-state index >= 15 is 0 Å². The lowest BCUT2D eigenvalue weighted by atomic mass is 10.1. The maximum Gasteiger partial charge on any atom is 0.269 e. The fourth-order valence-corrected chi connectivity index (χ4v) is 3.47. The van der Waals surface area contributed by atoms with Gasteiger partial charge in [-0.15, -0.1) is 0 Å². The number of aliphatic hydroxyl groups excluding tert-OH is 1. The Balaban J connectivity index is 1.55. The first-order valence-electron chi connectivity index (χ1n) is 9.72. The lowest BCUT2D eigenvalue weighted by Gasteiger charge is -2.13. The fraction of sp³-hybridized carbons (Fsp3) is 0.429. The minimum atomic E-state index is -2.95.